The Bertz CT molecular complexity index is 784. The summed E-state index contributed by atoms with van der Waals surface area (Å²) in [5.74, 6) is -8.29. The highest BCUT2D eigenvalue weighted by atomic mass is 19.4. The van der Waals surface area contributed by atoms with Crippen LogP contribution in [0.2, 0.25) is 0 Å². The minimum Gasteiger partial charge on any atom is -0.462 e. The summed E-state index contributed by atoms with van der Waals surface area (Å²) in [6.07, 6.45) is 1.30. The van der Waals surface area contributed by atoms with Crippen molar-refractivity contribution in [1.29, 1.82) is 0 Å². The van der Waals surface area contributed by atoms with E-state index in [4.69, 9.17) is 9.47 Å². The maximum atomic E-state index is 14.6. The van der Waals surface area contributed by atoms with E-state index in [0.717, 1.165) is 12.8 Å². The van der Waals surface area contributed by atoms with Crippen molar-refractivity contribution in [3.8, 4) is 0 Å². The van der Waals surface area contributed by atoms with Crippen molar-refractivity contribution < 1.29 is 46.1 Å². The van der Waals surface area contributed by atoms with Gasteiger partial charge in [-0.25, -0.2) is 0 Å². The van der Waals surface area contributed by atoms with Gasteiger partial charge in [-0.05, 0) is 61.7 Å². The fourth-order valence-electron chi connectivity index (χ4n) is 6.78. The molecule has 1 N–H and O–H groups in total. The van der Waals surface area contributed by atoms with E-state index in [1.165, 1.54) is 0 Å². The molecule has 0 amide bonds. The van der Waals surface area contributed by atoms with E-state index in [1.54, 1.807) is 0 Å². The summed E-state index contributed by atoms with van der Waals surface area (Å²) < 4.78 is 82.2. The predicted molar refractivity (Wildman–Crippen MR) is 89.8 cm³/mol. The number of rotatable bonds is 3. The van der Waals surface area contributed by atoms with Gasteiger partial charge in [0.25, 0.3) is 0 Å². The van der Waals surface area contributed by atoms with E-state index >= 15 is 0 Å². The number of carbonyl (C=O) groups is 1. The molecule has 30 heavy (non-hydrogen) atoms. The van der Waals surface area contributed by atoms with Crippen LogP contribution in [0.1, 0.15) is 26.2 Å². The van der Waals surface area contributed by atoms with Crippen LogP contribution in [-0.4, -0.2) is 48.0 Å². The average molecular weight is 438 g/mol. The van der Waals surface area contributed by atoms with Crippen LogP contribution < -0.4 is 0 Å². The van der Waals surface area contributed by atoms with Crippen LogP contribution in [0.4, 0.5) is 22.0 Å². The molecule has 0 spiro atoms. The molecule has 1 saturated heterocycles. The quantitative estimate of drug-likeness (QED) is 0.317. The lowest BCUT2D eigenvalue weighted by molar-refractivity contribution is -0.501. The van der Waals surface area contributed by atoms with E-state index < -0.39 is 48.8 Å². The Labute approximate surface area is 169 Å². The standard InChI is InChI=1S/C20H23F5O5/c1-17(18(21,22)19(27,20(23,24)25)30-8-29-17)7-28-16(26)13-6-11-5-12(13)15-10-3-2-9(4-10)14(11)15/h2-3,9-15,27H,4-8H2,1H3. The van der Waals surface area contributed by atoms with Crippen LogP contribution >= 0.6 is 0 Å². The number of halogens is 5. The Kier molecular flexibility index (Phi) is 4.24. The largest absolute Gasteiger partial charge is 0.462 e. The number of allylic oxidation sites excluding steroid dienone is 2. The molecule has 4 fully saturated rings. The zero-order valence-corrected chi connectivity index (χ0v) is 16.2. The van der Waals surface area contributed by atoms with Crippen molar-refractivity contribution in [3.05, 3.63) is 12.2 Å². The van der Waals surface area contributed by atoms with E-state index in [0.29, 0.717) is 42.9 Å². The molecule has 5 nitrogen and oxygen atoms in total. The van der Waals surface area contributed by atoms with Gasteiger partial charge >= 0.3 is 23.9 Å². The summed E-state index contributed by atoms with van der Waals surface area (Å²) in [5, 5.41) is 9.57. The molecule has 9 atom stereocenters. The first-order valence-corrected chi connectivity index (χ1v) is 10.2. The van der Waals surface area contributed by atoms with Gasteiger partial charge in [-0.3, -0.25) is 4.79 Å². The first-order chi connectivity index (χ1) is 13.9. The van der Waals surface area contributed by atoms with E-state index in [1.807, 2.05) is 0 Å². The molecule has 4 bridgehead atoms. The summed E-state index contributed by atoms with van der Waals surface area (Å²) in [5.41, 5.74) is -2.89. The molecule has 1 heterocycles. The third kappa shape index (κ3) is 2.47. The van der Waals surface area contributed by atoms with Crippen molar-refractivity contribution >= 4 is 5.97 Å². The summed E-state index contributed by atoms with van der Waals surface area (Å²) >= 11 is 0. The second-order valence-electron chi connectivity index (χ2n) is 9.57. The molecule has 1 aliphatic heterocycles. The SMILES string of the molecule is CC1(COC(=O)C2CC3CC2C2C4C=CC(C4)C32)OCOC(O)(C(F)(F)F)C1(F)F. The normalized spacial score (nSPS) is 50.7. The first-order valence-electron chi connectivity index (χ1n) is 10.2. The lowest BCUT2D eigenvalue weighted by Gasteiger charge is -2.48. The van der Waals surface area contributed by atoms with E-state index in [-0.39, 0.29) is 5.92 Å². The smallest absolute Gasteiger partial charge is 0.449 e. The number of fused-ring (bicyclic) bond motifs is 9. The maximum Gasteiger partial charge on any atom is 0.449 e. The van der Waals surface area contributed by atoms with Crippen LogP contribution in [0.15, 0.2) is 12.2 Å². The molecule has 0 aromatic rings. The third-order valence-electron chi connectivity index (χ3n) is 8.18. The van der Waals surface area contributed by atoms with Crippen molar-refractivity contribution in [3.63, 3.8) is 0 Å². The summed E-state index contributed by atoms with van der Waals surface area (Å²) in [7, 11) is 0. The van der Waals surface area contributed by atoms with Crippen LogP contribution in [-0.2, 0) is 19.0 Å². The molecule has 9 unspecified atom stereocenters. The highest BCUT2D eigenvalue weighted by molar-refractivity contribution is 5.73. The molecular formula is C20H23F5O5. The molecule has 5 rings (SSSR count). The first kappa shape index (κ1) is 20.6. The van der Waals surface area contributed by atoms with Crippen molar-refractivity contribution in [2.24, 2.45) is 41.4 Å². The summed E-state index contributed by atoms with van der Waals surface area (Å²) in [6.45, 7) is -1.65. The molecule has 10 heteroatoms. The number of aliphatic hydroxyl groups is 1. The fraction of sp³-hybridized carbons (Fsp3) is 0.850. The van der Waals surface area contributed by atoms with Gasteiger partial charge in [0.1, 0.15) is 6.61 Å². The summed E-state index contributed by atoms with van der Waals surface area (Å²) in [4.78, 5) is 12.7. The van der Waals surface area contributed by atoms with Crippen LogP contribution in [0.25, 0.3) is 0 Å². The highest BCUT2D eigenvalue weighted by Gasteiger charge is 2.79. The van der Waals surface area contributed by atoms with Gasteiger partial charge in [0.15, 0.2) is 12.4 Å². The fourth-order valence-corrected chi connectivity index (χ4v) is 6.78. The van der Waals surface area contributed by atoms with Gasteiger partial charge in [-0.2, -0.15) is 22.0 Å². The Hall–Kier alpha value is -1.26. The molecule has 3 saturated carbocycles. The van der Waals surface area contributed by atoms with E-state index in [9.17, 15) is 31.9 Å². The Morgan fingerprint density at radius 3 is 2.47 bits per heavy atom. The van der Waals surface area contributed by atoms with Gasteiger partial charge in [-0.1, -0.05) is 12.2 Å². The van der Waals surface area contributed by atoms with Crippen LogP contribution in [0.3, 0.4) is 0 Å². The topological polar surface area (TPSA) is 65.0 Å². The predicted octanol–water partition coefficient (Wildman–Crippen LogP) is 3.27. The van der Waals surface area contributed by atoms with Gasteiger partial charge < -0.3 is 19.3 Å². The van der Waals surface area contributed by atoms with Crippen molar-refractivity contribution in [1.82, 2.24) is 0 Å². The van der Waals surface area contributed by atoms with Gasteiger partial charge in [0, 0.05) is 0 Å². The minimum absolute atomic E-state index is 0.114. The molecule has 5 aliphatic rings. The maximum absolute atomic E-state index is 14.6. The number of hydrogen-bond acceptors (Lipinski definition) is 5. The number of carbonyl (C=O) groups excluding carboxylic acids is 1. The Balaban J connectivity index is 1.28. The Morgan fingerprint density at radius 1 is 1.13 bits per heavy atom. The van der Waals surface area contributed by atoms with Crippen LogP contribution in [0, 0.1) is 41.4 Å². The third-order valence-corrected chi connectivity index (χ3v) is 8.18. The van der Waals surface area contributed by atoms with Gasteiger partial charge in [0.2, 0.25) is 0 Å². The second kappa shape index (κ2) is 6.16. The molecule has 0 aromatic heterocycles. The van der Waals surface area contributed by atoms with Crippen molar-refractivity contribution in [2.45, 2.75) is 49.7 Å². The average Bonchev–Trinajstić information content (AvgIpc) is 3.42. The molecule has 168 valence electrons. The lowest BCUT2D eigenvalue weighted by atomic mass is 9.69. The lowest BCUT2D eigenvalue weighted by Crippen LogP contribution is -2.74. The summed E-state index contributed by atoms with van der Waals surface area (Å²) in [6, 6.07) is 0. The second-order valence-corrected chi connectivity index (χ2v) is 9.57. The van der Waals surface area contributed by atoms with Gasteiger partial charge in [0.05, 0.1) is 5.92 Å². The van der Waals surface area contributed by atoms with Gasteiger partial charge in [-0.15, -0.1) is 0 Å². The van der Waals surface area contributed by atoms with Crippen LogP contribution in [0.5, 0.6) is 0 Å². The zero-order chi connectivity index (χ0) is 21.7. The molecular weight excluding hydrogens is 415 g/mol. The monoisotopic (exact) mass is 438 g/mol. The van der Waals surface area contributed by atoms with Crippen molar-refractivity contribution in [2.75, 3.05) is 13.4 Å². The number of esters is 1. The Morgan fingerprint density at radius 2 is 1.80 bits per heavy atom. The highest BCUT2D eigenvalue weighted by Crippen LogP contribution is 2.67. The minimum atomic E-state index is -5.76. The number of hydrogen-bond donors (Lipinski definition) is 1. The number of alkyl halides is 5. The molecule has 0 radical (unpaired) electrons. The number of ether oxygens (including phenoxy) is 3. The zero-order valence-electron chi connectivity index (χ0n) is 16.2. The molecule has 0 aromatic carbocycles. The van der Waals surface area contributed by atoms with E-state index in [2.05, 4.69) is 16.9 Å². The molecule has 4 aliphatic carbocycles.